The molecule has 3 aromatic rings. The minimum atomic E-state index is -0.159. The highest BCUT2D eigenvalue weighted by Crippen LogP contribution is 2.34. The van der Waals surface area contributed by atoms with Crippen LogP contribution in [0.4, 0.5) is 0 Å². The second-order valence-electron chi connectivity index (χ2n) is 6.45. The third-order valence-corrected chi connectivity index (χ3v) is 5.91. The van der Waals surface area contributed by atoms with Gasteiger partial charge in [0, 0.05) is 10.4 Å². The second kappa shape index (κ2) is 7.37. The molecule has 0 bridgehead atoms. The highest BCUT2D eigenvalue weighted by molar-refractivity contribution is 7.18. The van der Waals surface area contributed by atoms with Gasteiger partial charge in [0.05, 0.1) is 17.6 Å². The number of aryl methyl sites for hydroxylation is 2. The van der Waals surface area contributed by atoms with Crippen LogP contribution >= 0.6 is 11.3 Å². The number of para-hydroxylation sites is 1. The number of ether oxygens (including phenoxy) is 1. The van der Waals surface area contributed by atoms with E-state index in [1.54, 1.807) is 17.4 Å². The zero-order valence-corrected chi connectivity index (χ0v) is 15.9. The quantitative estimate of drug-likeness (QED) is 0.687. The summed E-state index contributed by atoms with van der Waals surface area (Å²) in [5.74, 6) is 1.00. The van der Waals surface area contributed by atoms with E-state index in [9.17, 15) is 10.1 Å². The Morgan fingerprint density at radius 3 is 3.00 bits per heavy atom. The van der Waals surface area contributed by atoms with Crippen LogP contribution < -0.4 is 10.3 Å². The molecule has 2 heterocycles. The van der Waals surface area contributed by atoms with Crippen molar-refractivity contribution in [2.24, 2.45) is 0 Å². The van der Waals surface area contributed by atoms with Crippen molar-refractivity contribution in [3.05, 3.63) is 56.4 Å². The normalized spacial score (nSPS) is 14.0. The summed E-state index contributed by atoms with van der Waals surface area (Å²) in [6.45, 7) is 2.45. The summed E-state index contributed by atoms with van der Waals surface area (Å²) in [7, 11) is 0. The number of aromatic nitrogens is 2. The molecule has 136 valence electrons. The molecule has 0 radical (unpaired) electrons. The number of benzene rings is 1. The van der Waals surface area contributed by atoms with E-state index >= 15 is 0 Å². The van der Waals surface area contributed by atoms with Gasteiger partial charge in [-0.25, -0.2) is 4.98 Å². The number of aromatic amines is 1. The summed E-state index contributed by atoms with van der Waals surface area (Å²) in [6.07, 6.45) is 5.91. The van der Waals surface area contributed by atoms with Crippen LogP contribution in [0, 0.1) is 11.3 Å². The zero-order valence-electron chi connectivity index (χ0n) is 15.0. The standard InChI is InChI=1S/C21H19N3O2S/c1-2-26-16-9-5-3-7-13(16)11-14(12-22)19-23-20(25)18-15-8-4-6-10-17(15)27-21(18)24-19/h3,5,7,9,11H,2,4,6,8,10H2,1H3,(H,23,24,25)/b14-11+. The minimum Gasteiger partial charge on any atom is -0.493 e. The largest absolute Gasteiger partial charge is 0.493 e. The van der Waals surface area contributed by atoms with Crippen LogP contribution in [0.1, 0.15) is 41.6 Å². The van der Waals surface area contributed by atoms with Gasteiger partial charge >= 0.3 is 0 Å². The average Bonchev–Trinajstić information content (AvgIpc) is 3.06. The SMILES string of the molecule is CCOc1ccccc1/C=C(\C#N)c1nc2sc3c(c2c(=O)[nH]1)CCCC3. The summed E-state index contributed by atoms with van der Waals surface area (Å²) in [5, 5.41) is 10.4. The number of nitrogens with zero attached hydrogens (tertiary/aromatic N) is 2. The lowest BCUT2D eigenvalue weighted by atomic mass is 9.97. The number of hydrogen-bond acceptors (Lipinski definition) is 5. The Balaban J connectivity index is 1.83. The van der Waals surface area contributed by atoms with Gasteiger partial charge in [-0.3, -0.25) is 4.79 Å². The van der Waals surface area contributed by atoms with E-state index in [-0.39, 0.29) is 5.56 Å². The van der Waals surface area contributed by atoms with Crippen molar-refractivity contribution in [2.75, 3.05) is 6.61 Å². The van der Waals surface area contributed by atoms with Gasteiger partial charge in [0.15, 0.2) is 5.82 Å². The van der Waals surface area contributed by atoms with E-state index in [1.165, 1.54) is 4.88 Å². The molecule has 0 unspecified atom stereocenters. The van der Waals surface area contributed by atoms with Gasteiger partial charge in [0.2, 0.25) is 0 Å². The number of thiophene rings is 1. The Morgan fingerprint density at radius 1 is 1.37 bits per heavy atom. The Kier molecular flexibility index (Phi) is 4.78. The lowest BCUT2D eigenvalue weighted by molar-refractivity contribution is 0.339. The average molecular weight is 377 g/mol. The van der Waals surface area contributed by atoms with E-state index in [4.69, 9.17) is 4.74 Å². The molecule has 0 saturated carbocycles. The van der Waals surface area contributed by atoms with Gasteiger partial charge in [-0.2, -0.15) is 5.26 Å². The van der Waals surface area contributed by atoms with Crippen molar-refractivity contribution in [3.63, 3.8) is 0 Å². The second-order valence-corrected chi connectivity index (χ2v) is 7.53. The topological polar surface area (TPSA) is 78.8 Å². The van der Waals surface area contributed by atoms with Gasteiger partial charge in [-0.15, -0.1) is 11.3 Å². The first-order valence-corrected chi connectivity index (χ1v) is 9.91. The molecule has 1 aromatic carbocycles. The van der Waals surface area contributed by atoms with Gasteiger partial charge in [-0.1, -0.05) is 18.2 Å². The fourth-order valence-electron chi connectivity index (χ4n) is 3.49. The Labute approximate surface area is 161 Å². The first-order valence-electron chi connectivity index (χ1n) is 9.09. The third kappa shape index (κ3) is 3.26. The monoisotopic (exact) mass is 377 g/mol. The molecule has 1 N–H and O–H groups in total. The van der Waals surface area contributed by atoms with Gasteiger partial charge < -0.3 is 9.72 Å². The lowest BCUT2D eigenvalue weighted by Gasteiger charge is -2.09. The Morgan fingerprint density at radius 2 is 2.19 bits per heavy atom. The predicted octanol–water partition coefficient (Wildman–Crippen LogP) is 4.33. The first kappa shape index (κ1) is 17.5. The molecule has 0 saturated heterocycles. The number of H-pyrrole nitrogens is 1. The Bertz CT molecular complexity index is 1130. The fourth-order valence-corrected chi connectivity index (χ4v) is 4.75. The third-order valence-electron chi connectivity index (χ3n) is 4.72. The number of hydrogen-bond donors (Lipinski definition) is 1. The van der Waals surface area contributed by atoms with Crippen molar-refractivity contribution in [2.45, 2.75) is 32.6 Å². The van der Waals surface area contributed by atoms with Gasteiger partial charge in [0.1, 0.15) is 16.6 Å². The molecule has 0 amide bonds. The van der Waals surface area contributed by atoms with Crippen LogP contribution in [0.2, 0.25) is 0 Å². The van der Waals surface area contributed by atoms with E-state index < -0.39 is 0 Å². The summed E-state index contributed by atoms with van der Waals surface area (Å²) in [6, 6.07) is 9.67. The molecule has 1 aliphatic carbocycles. The Hall–Kier alpha value is -2.91. The molecule has 2 aromatic heterocycles. The van der Waals surface area contributed by atoms with Crippen LogP contribution in [0.15, 0.2) is 29.1 Å². The number of nitrogens with one attached hydrogen (secondary N) is 1. The van der Waals surface area contributed by atoms with Crippen molar-refractivity contribution >= 4 is 33.2 Å². The van der Waals surface area contributed by atoms with Crippen LogP contribution in [0.25, 0.3) is 21.9 Å². The van der Waals surface area contributed by atoms with Crippen molar-refractivity contribution < 1.29 is 4.74 Å². The number of fused-ring (bicyclic) bond motifs is 3. The lowest BCUT2D eigenvalue weighted by Crippen LogP contribution is -2.12. The van der Waals surface area contributed by atoms with Crippen LogP contribution in [0.3, 0.4) is 0 Å². The maximum atomic E-state index is 12.7. The van der Waals surface area contributed by atoms with Gasteiger partial charge in [0.25, 0.3) is 5.56 Å². The molecule has 6 heteroatoms. The molecule has 5 nitrogen and oxygen atoms in total. The maximum absolute atomic E-state index is 12.7. The first-order chi connectivity index (χ1) is 13.2. The van der Waals surface area contributed by atoms with E-state index in [1.807, 2.05) is 31.2 Å². The maximum Gasteiger partial charge on any atom is 0.260 e. The van der Waals surface area contributed by atoms with Crippen molar-refractivity contribution in [3.8, 4) is 11.8 Å². The number of allylic oxidation sites excluding steroid dienone is 1. The minimum absolute atomic E-state index is 0.159. The summed E-state index contributed by atoms with van der Waals surface area (Å²) in [4.78, 5) is 22.1. The molecule has 0 aliphatic heterocycles. The van der Waals surface area contributed by atoms with Crippen molar-refractivity contribution in [1.82, 2.24) is 9.97 Å². The highest BCUT2D eigenvalue weighted by atomic mass is 32.1. The van der Waals surface area contributed by atoms with Crippen LogP contribution in [0.5, 0.6) is 5.75 Å². The molecule has 27 heavy (non-hydrogen) atoms. The molecule has 0 spiro atoms. The van der Waals surface area contributed by atoms with Gasteiger partial charge in [-0.05, 0) is 50.3 Å². The highest BCUT2D eigenvalue weighted by Gasteiger charge is 2.20. The predicted molar refractivity (Wildman–Crippen MR) is 108 cm³/mol. The molecule has 0 fully saturated rings. The number of rotatable bonds is 4. The molecule has 0 atom stereocenters. The smallest absolute Gasteiger partial charge is 0.260 e. The van der Waals surface area contributed by atoms with Crippen LogP contribution in [-0.2, 0) is 12.8 Å². The zero-order chi connectivity index (χ0) is 18.8. The summed E-state index contributed by atoms with van der Waals surface area (Å²) >= 11 is 1.58. The molecular formula is C21H19N3O2S. The number of nitriles is 1. The van der Waals surface area contributed by atoms with E-state index in [2.05, 4.69) is 16.0 Å². The van der Waals surface area contributed by atoms with Crippen molar-refractivity contribution in [1.29, 1.82) is 5.26 Å². The van der Waals surface area contributed by atoms with E-state index in [0.717, 1.165) is 41.6 Å². The molecule has 4 rings (SSSR count). The summed E-state index contributed by atoms with van der Waals surface area (Å²) < 4.78 is 5.62. The fraction of sp³-hybridized carbons (Fsp3) is 0.286. The molecule has 1 aliphatic rings. The summed E-state index contributed by atoms with van der Waals surface area (Å²) in [5.41, 5.74) is 2.08. The van der Waals surface area contributed by atoms with E-state index in [0.29, 0.717) is 29.1 Å². The van der Waals surface area contributed by atoms with Crippen LogP contribution in [-0.4, -0.2) is 16.6 Å². The molecular weight excluding hydrogens is 358 g/mol.